The molecule has 5 heteroatoms. The van der Waals surface area contributed by atoms with E-state index in [4.69, 9.17) is 0 Å². The summed E-state index contributed by atoms with van der Waals surface area (Å²) in [5.41, 5.74) is 0.0508. The molecule has 1 fully saturated rings. The molecule has 0 atom stereocenters. The van der Waals surface area contributed by atoms with E-state index in [1.807, 2.05) is 0 Å². The second kappa shape index (κ2) is 6.75. The van der Waals surface area contributed by atoms with Gasteiger partial charge in [0, 0.05) is 13.1 Å². The highest BCUT2D eigenvalue weighted by Crippen LogP contribution is 2.38. The quantitative estimate of drug-likeness (QED) is 0.713. The smallest absolute Gasteiger partial charge is 0.316 e. The molecule has 0 bridgehead atoms. The first-order chi connectivity index (χ1) is 8.37. The Morgan fingerprint density at radius 2 is 1.83 bits per heavy atom. The molecule has 0 amide bonds. The monoisotopic (exact) mass is 266 g/mol. The maximum absolute atomic E-state index is 12.4. The zero-order valence-corrected chi connectivity index (χ0v) is 11.4. The predicted molar refractivity (Wildman–Crippen MR) is 67.6 cm³/mol. The van der Waals surface area contributed by atoms with Gasteiger partial charge in [0.05, 0.1) is 6.54 Å². The Labute approximate surface area is 108 Å². The number of hydrogen-bond acceptors (Lipinski definition) is 2. The number of nitrogens with one attached hydrogen (secondary N) is 1. The molecule has 1 rings (SSSR count). The first-order valence-electron chi connectivity index (χ1n) is 6.83. The molecule has 0 spiro atoms. The van der Waals surface area contributed by atoms with Crippen molar-refractivity contribution in [2.45, 2.75) is 45.2 Å². The summed E-state index contributed by atoms with van der Waals surface area (Å²) in [5, 5.41) is 3.38. The normalized spacial score (nSPS) is 19.7. The maximum atomic E-state index is 12.4. The minimum atomic E-state index is -4.09. The van der Waals surface area contributed by atoms with Crippen molar-refractivity contribution in [1.29, 1.82) is 0 Å². The molecule has 18 heavy (non-hydrogen) atoms. The Balaban J connectivity index is 2.46. The molecule has 108 valence electrons. The largest absolute Gasteiger partial charge is 0.401 e. The summed E-state index contributed by atoms with van der Waals surface area (Å²) in [4.78, 5) is 1.43. The second-order valence-electron chi connectivity index (χ2n) is 5.67. The summed E-state index contributed by atoms with van der Waals surface area (Å²) in [6, 6.07) is 0. The highest BCUT2D eigenvalue weighted by Gasteiger charge is 2.37. The van der Waals surface area contributed by atoms with Crippen molar-refractivity contribution in [2.75, 3.05) is 33.2 Å². The van der Waals surface area contributed by atoms with E-state index in [0.29, 0.717) is 6.54 Å². The Morgan fingerprint density at radius 3 is 2.33 bits per heavy atom. The van der Waals surface area contributed by atoms with E-state index in [1.54, 1.807) is 7.05 Å². The molecular weight excluding hydrogens is 241 g/mol. The van der Waals surface area contributed by atoms with Crippen LogP contribution in [0.5, 0.6) is 0 Å². The third-order valence-electron chi connectivity index (χ3n) is 3.65. The van der Waals surface area contributed by atoms with E-state index in [0.717, 1.165) is 45.2 Å². The van der Waals surface area contributed by atoms with Crippen molar-refractivity contribution in [3.05, 3.63) is 0 Å². The number of rotatable bonds is 7. The van der Waals surface area contributed by atoms with Gasteiger partial charge in [-0.1, -0.05) is 19.8 Å². The van der Waals surface area contributed by atoms with Crippen LogP contribution >= 0.6 is 0 Å². The third kappa shape index (κ3) is 5.57. The lowest BCUT2D eigenvalue weighted by molar-refractivity contribution is -0.145. The maximum Gasteiger partial charge on any atom is 0.401 e. The Hall–Kier alpha value is -0.290. The van der Waals surface area contributed by atoms with Crippen LogP contribution in [0.15, 0.2) is 0 Å². The lowest BCUT2D eigenvalue weighted by atomic mass is 9.85. The van der Waals surface area contributed by atoms with Crippen molar-refractivity contribution < 1.29 is 13.2 Å². The lowest BCUT2D eigenvalue weighted by Crippen LogP contribution is -2.44. The molecule has 1 saturated carbocycles. The molecule has 0 radical (unpaired) electrons. The zero-order chi connectivity index (χ0) is 13.6. The molecule has 0 aliphatic heterocycles. The summed E-state index contributed by atoms with van der Waals surface area (Å²) in [6.45, 7) is 3.64. The molecular formula is C13H25F3N2. The van der Waals surface area contributed by atoms with Crippen LogP contribution in [0.3, 0.4) is 0 Å². The van der Waals surface area contributed by atoms with Crippen LogP contribution in [-0.4, -0.2) is 44.3 Å². The number of halogens is 3. The fraction of sp³-hybridized carbons (Fsp3) is 1.00. The van der Waals surface area contributed by atoms with Crippen molar-refractivity contribution in [3.8, 4) is 0 Å². The summed E-state index contributed by atoms with van der Waals surface area (Å²) in [7, 11) is 1.58. The zero-order valence-electron chi connectivity index (χ0n) is 11.4. The van der Waals surface area contributed by atoms with Crippen molar-refractivity contribution in [2.24, 2.45) is 5.41 Å². The van der Waals surface area contributed by atoms with Gasteiger partial charge < -0.3 is 5.32 Å². The summed E-state index contributed by atoms with van der Waals surface area (Å²) >= 11 is 0. The van der Waals surface area contributed by atoms with Gasteiger partial charge in [-0.15, -0.1) is 0 Å². The second-order valence-corrected chi connectivity index (χ2v) is 5.67. The first-order valence-corrected chi connectivity index (χ1v) is 6.83. The van der Waals surface area contributed by atoms with Crippen LogP contribution in [0.1, 0.15) is 39.0 Å². The van der Waals surface area contributed by atoms with Gasteiger partial charge in [-0.2, -0.15) is 13.2 Å². The molecule has 2 nitrogen and oxygen atoms in total. The van der Waals surface area contributed by atoms with Gasteiger partial charge >= 0.3 is 6.18 Å². The van der Waals surface area contributed by atoms with Crippen molar-refractivity contribution in [3.63, 3.8) is 0 Å². The van der Waals surface area contributed by atoms with Crippen LogP contribution in [0, 0.1) is 5.41 Å². The van der Waals surface area contributed by atoms with Gasteiger partial charge in [0.1, 0.15) is 0 Å². The minimum Gasteiger partial charge on any atom is -0.316 e. The van der Waals surface area contributed by atoms with E-state index < -0.39 is 12.7 Å². The Morgan fingerprint density at radius 1 is 1.22 bits per heavy atom. The molecule has 0 heterocycles. The van der Waals surface area contributed by atoms with Crippen LogP contribution in [0.4, 0.5) is 13.2 Å². The Bertz CT molecular complexity index is 235. The first kappa shape index (κ1) is 15.8. The lowest BCUT2D eigenvalue weighted by Gasteiger charge is -2.34. The molecule has 1 N–H and O–H groups in total. The standard InChI is InChI=1S/C13H25F3N2/c1-3-8-17-9-12(6-4-5-7-12)10-18(2)11-13(14,15)16/h17H,3-11H2,1-2H3. The molecule has 0 aromatic carbocycles. The summed E-state index contributed by atoms with van der Waals surface area (Å²) < 4.78 is 37.1. The summed E-state index contributed by atoms with van der Waals surface area (Å²) in [6.07, 6.45) is 1.36. The van der Waals surface area contributed by atoms with E-state index >= 15 is 0 Å². The molecule has 0 aromatic rings. The van der Waals surface area contributed by atoms with Crippen LogP contribution in [0.2, 0.25) is 0 Å². The highest BCUT2D eigenvalue weighted by atomic mass is 19.4. The van der Waals surface area contributed by atoms with Gasteiger partial charge in [-0.05, 0) is 38.3 Å². The average Bonchev–Trinajstić information content (AvgIpc) is 2.64. The van der Waals surface area contributed by atoms with Gasteiger partial charge in [0.2, 0.25) is 0 Å². The van der Waals surface area contributed by atoms with Gasteiger partial charge in [0.15, 0.2) is 0 Å². The summed E-state index contributed by atoms with van der Waals surface area (Å²) in [5.74, 6) is 0. The number of hydrogen-bond donors (Lipinski definition) is 1. The fourth-order valence-electron chi connectivity index (χ4n) is 2.98. The number of alkyl halides is 3. The van der Waals surface area contributed by atoms with Crippen LogP contribution in [-0.2, 0) is 0 Å². The van der Waals surface area contributed by atoms with Crippen molar-refractivity contribution >= 4 is 0 Å². The van der Waals surface area contributed by atoms with Gasteiger partial charge in [-0.3, -0.25) is 4.90 Å². The van der Waals surface area contributed by atoms with Gasteiger partial charge in [-0.25, -0.2) is 0 Å². The van der Waals surface area contributed by atoms with E-state index in [1.165, 1.54) is 4.90 Å². The van der Waals surface area contributed by atoms with Crippen molar-refractivity contribution in [1.82, 2.24) is 10.2 Å². The van der Waals surface area contributed by atoms with E-state index in [-0.39, 0.29) is 5.41 Å². The van der Waals surface area contributed by atoms with Crippen LogP contribution < -0.4 is 5.32 Å². The van der Waals surface area contributed by atoms with E-state index in [2.05, 4.69) is 12.2 Å². The Kier molecular flexibility index (Phi) is 5.92. The molecule has 1 aliphatic carbocycles. The SMILES string of the molecule is CCCNCC1(CN(C)CC(F)(F)F)CCCC1. The third-order valence-corrected chi connectivity index (χ3v) is 3.65. The number of nitrogens with zero attached hydrogens (tertiary/aromatic N) is 1. The fourth-order valence-corrected chi connectivity index (χ4v) is 2.98. The molecule has 0 unspecified atom stereocenters. The van der Waals surface area contributed by atoms with Crippen LogP contribution in [0.25, 0.3) is 0 Å². The van der Waals surface area contributed by atoms with E-state index in [9.17, 15) is 13.2 Å². The molecule has 1 aliphatic rings. The molecule has 0 saturated heterocycles. The predicted octanol–water partition coefficient (Wildman–Crippen LogP) is 3.04. The topological polar surface area (TPSA) is 15.3 Å². The van der Waals surface area contributed by atoms with Gasteiger partial charge in [0.25, 0.3) is 0 Å². The molecule has 0 aromatic heterocycles. The minimum absolute atomic E-state index is 0.0508. The highest BCUT2D eigenvalue weighted by molar-refractivity contribution is 4.89. The average molecular weight is 266 g/mol.